The summed E-state index contributed by atoms with van der Waals surface area (Å²) in [6, 6.07) is -1.09. The maximum absolute atomic E-state index is 12.2. The zero-order chi connectivity index (χ0) is 25.3. The lowest BCUT2D eigenvalue weighted by Crippen LogP contribution is -2.54. The third-order valence-electron chi connectivity index (χ3n) is 5.14. The molecule has 190 valence electrons. The third kappa shape index (κ3) is 4.68. The number of guanidine groups is 1. The Bertz CT molecular complexity index is 1140. The van der Waals surface area contributed by atoms with Crippen LogP contribution in [0.5, 0.6) is 0 Å². The minimum absolute atomic E-state index is 0.0431. The molecule has 4 aliphatic rings. The van der Waals surface area contributed by atoms with Crippen LogP contribution in [0, 0.1) is 0 Å². The van der Waals surface area contributed by atoms with Gasteiger partial charge in [-0.25, -0.2) is 13.7 Å². The van der Waals surface area contributed by atoms with Crippen LogP contribution in [0.15, 0.2) is 15.0 Å². The van der Waals surface area contributed by atoms with Crippen molar-refractivity contribution in [1.29, 1.82) is 0 Å². The highest BCUT2D eigenvalue weighted by Gasteiger charge is 2.67. The molecule has 4 rings (SSSR count). The molecule has 4 unspecified atom stereocenters. The fourth-order valence-electron chi connectivity index (χ4n) is 3.78. The molecule has 2 fully saturated rings. The van der Waals surface area contributed by atoms with Gasteiger partial charge in [-0.1, -0.05) is 0 Å². The van der Waals surface area contributed by atoms with E-state index >= 15 is 0 Å². The first-order valence-corrected chi connectivity index (χ1v) is 13.6. The van der Waals surface area contributed by atoms with E-state index in [1.807, 2.05) is 0 Å². The van der Waals surface area contributed by atoms with Gasteiger partial charge in [0.25, 0.3) is 5.91 Å². The van der Waals surface area contributed by atoms with Crippen molar-refractivity contribution in [2.24, 2.45) is 20.7 Å². The highest BCUT2D eigenvalue weighted by molar-refractivity contribution is 7.66. The number of carbonyl (C=O) groups excluding carboxylic acids is 1. The maximum Gasteiger partial charge on any atom is 0.490 e. The molecule has 7 N–H and O–H groups in total. The number of carbonyl (C=O) groups is 1. The number of fused-ring (bicyclic) bond motifs is 3. The summed E-state index contributed by atoms with van der Waals surface area (Å²) < 4.78 is 58.1. The van der Waals surface area contributed by atoms with Crippen molar-refractivity contribution in [2.45, 2.75) is 43.1 Å². The fourth-order valence-corrected chi connectivity index (χ4v) is 7.02. The van der Waals surface area contributed by atoms with E-state index in [1.165, 1.54) is 11.2 Å². The second-order valence-electron chi connectivity index (χ2n) is 7.38. The molecule has 4 aliphatic heterocycles. The van der Waals surface area contributed by atoms with Crippen LogP contribution in [-0.4, -0.2) is 96.4 Å². The van der Waals surface area contributed by atoms with Gasteiger partial charge < -0.3 is 39.9 Å². The van der Waals surface area contributed by atoms with E-state index in [0.29, 0.717) is 0 Å². The van der Waals surface area contributed by atoms with Gasteiger partial charge in [0.05, 0.1) is 12.9 Å². The summed E-state index contributed by atoms with van der Waals surface area (Å²) in [5.41, 5.74) is 3.69. The number of nitrogens with zero attached hydrogens (tertiary/aromatic N) is 4. The molecule has 0 aromatic heterocycles. The number of hydrogen-bond acceptors (Lipinski definition) is 14. The molecule has 0 aromatic carbocycles. The Morgan fingerprint density at radius 3 is 2.53 bits per heavy atom. The first kappa shape index (κ1) is 25.7. The van der Waals surface area contributed by atoms with Crippen molar-refractivity contribution in [3.63, 3.8) is 0 Å². The Kier molecular flexibility index (Phi) is 6.27. The van der Waals surface area contributed by atoms with Crippen LogP contribution in [0.2, 0.25) is 0 Å². The molecule has 2 bridgehead atoms. The van der Waals surface area contributed by atoms with Crippen molar-refractivity contribution < 1.29 is 65.8 Å². The zero-order valence-electron chi connectivity index (χ0n) is 16.8. The molecule has 2 saturated heterocycles. The molecule has 4 heterocycles. The number of rotatable bonds is 8. The Labute approximate surface area is 189 Å². The van der Waals surface area contributed by atoms with E-state index in [0.717, 1.165) is 6.92 Å². The normalized spacial score (nSPS) is 37.1. The number of amidine groups is 1. The van der Waals surface area contributed by atoms with Crippen molar-refractivity contribution >= 4 is 47.5 Å². The monoisotopic (exact) mass is 549 g/mol. The first-order chi connectivity index (χ1) is 15.5. The number of nitrogens with two attached hydrogens (primary N) is 1. The van der Waals surface area contributed by atoms with Crippen molar-refractivity contribution in [1.82, 2.24) is 4.90 Å². The van der Waals surface area contributed by atoms with Crippen molar-refractivity contribution in [3.05, 3.63) is 0 Å². The molecule has 34 heavy (non-hydrogen) atoms. The molecule has 0 radical (unpaired) electrons. The van der Waals surface area contributed by atoms with E-state index in [-0.39, 0.29) is 18.4 Å². The quantitative estimate of drug-likeness (QED) is 0.171. The number of aliphatic hydroxyl groups excluding tert-OH is 1. The van der Waals surface area contributed by atoms with Crippen molar-refractivity contribution in [3.8, 4) is 0 Å². The summed E-state index contributed by atoms with van der Waals surface area (Å²) >= 11 is 0. The third-order valence-corrected chi connectivity index (χ3v) is 9.05. The molecule has 0 spiro atoms. The van der Waals surface area contributed by atoms with Gasteiger partial charge in [-0.05, 0) is 6.92 Å². The fraction of sp³-hybridized carbons (Fsp3) is 0.667. The Morgan fingerprint density at radius 2 is 1.88 bits per heavy atom. The molecule has 8 atom stereocenters. The minimum atomic E-state index is -5.75. The number of hydrogen-bond donors (Lipinski definition) is 6. The largest absolute Gasteiger partial charge is 0.490 e. The standard InChI is InChI=1S/C12H18N5O14P3/c1-4(29-33(23,24)31-34(25,26)30-32(20,21)22)12-2-27-6(7(12)18)10(28-12)17-3-14-5-8(17)15-11(13)16-9(5)19/h3-7,10,18H,2H2,1H3,(H,23,24)(H,25,26)(H2,13,16,19)(H2,20,21,22)/t4?,5?,6-,7+,10-,12-/m1/s1. The van der Waals surface area contributed by atoms with E-state index in [2.05, 4.69) is 23.6 Å². The van der Waals surface area contributed by atoms with Crippen LogP contribution in [0.4, 0.5) is 0 Å². The average Bonchev–Trinajstić information content (AvgIpc) is 3.28. The molecule has 0 aliphatic carbocycles. The minimum Gasteiger partial charge on any atom is -0.387 e. The smallest absolute Gasteiger partial charge is 0.387 e. The van der Waals surface area contributed by atoms with E-state index in [4.69, 9.17) is 29.5 Å². The van der Waals surface area contributed by atoms with Crippen LogP contribution in [-0.2, 0) is 41.1 Å². The second-order valence-corrected chi connectivity index (χ2v) is 11.7. The van der Waals surface area contributed by atoms with E-state index < -0.39 is 65.6 Å². The summed E-state index contributed by atoms with van der Waals surface area (Å²) in [5, 5.41) is 10.8. The summed E-state index contributed by atoms with van der Waals surface area (Å²) in [7, 11) is -16.8. The lowest BCUT2D eigenvalue weighted by molar-refractivity contribution is -0.199. The maximum atomic E-state index is 12.2. The number of aliphatic hydroxyl groups is 1. The van der Waals surface area contributed by atoms with Gasteiger partial charge in [-0.15, -0.1) is 0 Å². The lowest BCUT2D eigenvalue weighted by Gasteiger charge is -2.38. The lowest BCUT2D eigenvalue weighted by atomic mass is 9.93. The number of ether oxygens (including phenoxy) is 2. The molecule has 0 saturated carbocycles. The average molecular weight is 549 g/mol. The predicted octanol–water partition coefficient (Wildman–Crippen LogP) is -2.46. The highest BCUT2D eigenvalue weighted by atomic mass is 31.3. The van der Waals surface area contributed by atoms with Crippen LogP contribution in [0.25, 0.3) is 0 Å². The van der Waals surface area contributed by atoms with Gasteiger partial charge in [-0.2, -0.15) is 18.6 Å². The predicted molar refractivity (Wildman–Crippen MR) is 106 cm³/mol. The second kappa shape index (κ2) is 8.31. The Balaban J connectivity index is 1.51. The number of phosphoric acid groups is 3. The first-order valence-electron chi connectivity index (χ1n) is 9.11. The number of aliphatic imine (C=N–C) groups is 3. The van der Waals surface area contributed by atoms with Gasteiger partial charge in [0, 0.05) is 0 Å². The van der Waals surface area contributed by atoms with E-state index in [9.17, 15) is 33.4 Å². The van der Waals surface area contributed by atoms with Crippen LogP contribution in [0.1, 0.15) is 6.92 Å². The van der Waals surface area contributed by atoms with Gasteiger partial charge in [-0.3, -0.25) is 19.2 Å². The summed E-state index contributed by atoms with van der Waals surface area (Å²) in [6.45, 7) is 0.776. The SMILES string of the molecule is CC(OP(=O)(O)OP(=O)(O)OP(=O)(O)O)[C@@]12CO[C@@H]([C@H](N3C=NC4C(=O)N=C(N)N=C43)O1)[C@@H]2O. The Morgan fingerprint density at radius 1 is 1.21 bits per heavy atom. The highest BCUT2D eigenvalue weighted by Crippen LogP contribution is 2.67. The van der Waals surface area contributed by atoms with Gasteiger partial charge in [0.1, 0.15) is 23.9 Å². The van der Waals surface area contributed by atoms with Gasteiger partial charge in [0.2, 0.25) is 5.96 Å². The molecule has 22 heteroatoms. The van der Waals surface area contributed by atoms with Crippen LogP contribution in [0.3, 0.4) is 0 Å². The summed E-state index contributed by atoms with van der Waals surface area (Å²) in [4.78, 5) is 61.0. The topological polar surface area (TPSA) is 282 Å². The summed E-state index contributed by atoms with van der Waals surface area (Å²) in [6.07, 6.45) is -4.10. The Hall–Kier alpha value is -1.43. The van der Waals surface area contributed by atoms with Crippen LogP contribution >= 0.6 is 23.5 Å². The number of phosphoric ester groups is 1. The van der Waals surface area contributed by atoms with E-state index in [1.54, 1.807) is 0 Å². The van der Waals surface area contributed by atoms with Gasteiger partial charge in [0.15, 0.2) is 18.1 Å². The van der Waals surface area contributed by atoms with Crippen molar-refractivity contribution in [2.75, 3.05) is 6.61 Å². The molecule has 19 nitrogen and oxygen atoms in total. The molecular weight excluding hydrogens is 531 g/mol. The molecular formula is C12H18N5O14P3. The molecule has 1 amide bonds. The van der Waals surface area contributed by atoms with Gasteiger partial charge >= 0.3 is 23.5 Å². The zero-order valence-corrected chi connectivity index (χ0v) is 19.5. The van der Waals surface area contributed by atoms with Crippen LogP contribution < -0.4 is 5.73 Å². The summed E-state index contributed by atoms with van der Waals surface area (Å²) in [5.74, 6) is -0.963. The number of amides is 1. The molecule has 0 aromatic rings.